The summed E-state index contributed by atoms with van der Waals surface area (Å²) in [5.74, 6) is 0.155. The van der Waals surface area contributed by atoms with E-state index in [1.54, 1.807) is 18.2 Å². The summed E-state index contributed by atoms with van der Waals surface area (Å²) in [4.78, 5) is 0.107. The van der Waals surface area contributed by atoms with Crippen LogP contribution in [0.4, 0.5) is 0 Å². The van der Waals surface area contributed by atoms with E-state index in [1.807, 2.05) is 20.8 Å². The lowest BCUT2D eigenvalue weighted by atomic mass is 10.0. The highest BCUT2D eigenvalue weighted by Gasteiger charge is 2.36. The second-order valence-electron chi connectivity index (χ2n) is 5.29. The van der Waals surface area contributed by atoms with Crippen molar-refractivity contribution in [3.63, 3.8) is 0 Å². The lowest BCUT2D eigenvalue weighted by Gasteiger charge is -2.14. The average Bonchev–Trinajstić information content (AvgIpc) is 2.81. The Balaban J connectivity index is 2.27. The van der Waals surface area contributed by atoms with Crippen molar-refractivity contribution >= 4 is 16.1 Å². The zero-order valence-corrected chi connectivity index (χ0v) is 13.1. The summed E-state index contributed by atoms with van der Waals surface area (Å²) in [6.45, 7) is 9.47. The van der Waals surface area contributed by atoms with Crippen LogP contribution in [-0.4, -0.2) is 26.7 Å². The Bertz CT molecular complexity index is 647. The van der Waals surface area contributed by atoms with Crippen LogP contribution in [0.3, 0.4) is 0 Å². The fraction of sp³-hybridized carbons (Fsp3) is 0.400. The smallest absolute Gasteiger partial charge is 0.401 e. The van der Waals surface area contributed by atoms with E-state index in [0.29, 0.717) is 0 Å². The molecule has 0 aromatic heterocycles. The molecule has 2 unspecified atom stereocenters. The third kappa shape index (κ3) is 3.44. The number of hydrogen-bond acceptors (Lipinski definition) is 4. The molecular formula is C15H19NO4S. The second kappa shape index (κ2) is 5.89. The van der Waals surface area contributed by atoms with Gasteiger partial charge in [0.05, 0.1) is 4.90 Å². The van der Waals surface area contributed by atoms with E-state index < -0.39 is 16.1 Å². The molecule has 0 bridgehead atoms. The Hall–Kier alpha value is -1.82. The van der Waals surface area contributed by atoms with E-state index in [-0.39, 0.29) is 23.0 Å². The molecule has 1 aliphatic rings. The Morgan fingerprint density at radius 2 is 1.86 bits per heavy atom. The first-order valence-corrected chi connectivity index (χ1v) is 8.15. The van der Waals surface area contributed by atoms with Gasteiger partial charge in [-0.3, -0.25) is 0 Å². The minimum Gasteiger partial charge on any atom is -0.442 e. The van der Waals surface area contributed by atoms with Crippen LogP contribution in [0, 0.1) is 12.8 Å². The molecule has 1 heterocycles. The number of hydrogen-bond donors (Lipinski definition) is 0. The van der Waals surface area contributed by atoms with Gasteiger partial charge in [0.1, 0.15) is 6.10 Å². The maximum absolute atomic E-state index is 12.2. The maximum atomic E-state index is 12.2. The quantitative estimate of drug-likeness (QED) is 0.802. The Morgan fingerprint density at radius 3 is 2.33 bits per heavy atom. The van der Waals surface area contributed by atoms with Crippen LogP contribution < -0.4 is 0 Å². The van der Waals surface area contributed by atoms with Crippen molar-refractivity contribution in [3.05, 3.63) is 42.5 Å². The van der Waals surface area contributed by atoms with Gasteiger partial charge in [0.15, 0.2) is 6.10 Å². The second-order valence-corrected chi connectivity index (χ2v) is 6.89. The summed E-state index contributed by atoms with van der Waals surface area (Å²) in [5, 5.41) is 0. The molecule has 0 aliphatic carbocycles. The van der Waals surface area contributed by atoms with Gasteiger partial charge in [-0.1, -0.05) is 42.5 Å². The largest absolute Gasteiger partial charge is 0.442 e. The van der Waals surface area contributed by atoms with Crippen LogP contribution >= 0.6 is 0 Å². The van der Waals surface area contributed by atoms with Crippen LogP contribution in [0.25, 0.3) is 0 Å². The summed E-state index contributed by atoms with van der Waals surface area (Å²) in [6.07, 6.45) is 0.691. The van der Waals surface area contributed by atoms with Gasteiger partial charge >= 0.3 is 6.08 Å². The molecule has 21 heavy (non-hydrogen) atoms. The Kier molecular flexibility index (Phi) is 4.37. The van der Waals surface area contributed by atoms with Crippen molar-refractivity contribution in [1.29, 1.82) is 0 Å². The fourth-order valence-electron chi connectivity index (χ4n) is 2.00. The number of benzene rings is 1. The van der Waals surface area contributed by atoms with Crippen LogP contribution in [-0.2, 0) is 19.5 Å². The first-order valence-electron chi connectivity index (χ1n) is 6.71. The third-order valence-corrected chi connectivity index (χ3v) is 4.46. The molecule has 0 N–H and O–H groups in total. The van der Waals surface area contributed by atoms with E-state index in [9.17, 15) is 8.42 Å². The first-order chi connectivity index (χ1) is 9.83. The normalized spacial score (nSPS) is 23.9. The molecule has 1 saturated heterocycles. The summed E-state index contributed by atoms with van der Waals surface area (Å²) in [6, 6.07) is 6.45. The van der Waals surface area contributed by atoms with E-state index in [1.165, 1.54) is 12.1 Å². The van der Waals surface area contributed by atoms with Crippen molar-refractivity contribution < 1.29 is 17.9 Å². The minimum absolute atomic E-state index is 0.107. The molecule has 0 saturated carbocycles. The van der Waals surface area contributed by atoms with Gasteiger partial charge in [-0.05, 0) is 31.1 Å². The first kappa shape index (κ1) is 15.6. The molecule has 1 aromatic rings. The number of sulfonamides is 1. The highest BCUT2D eigenvalue weighted by molar-refractivity contribution is 7.90. The van der Waals surface area contributed by atoms with Crippen molar-refractivity contribution in [1.82, 2.24) is 0 Å². The molecule has 1 aromatic carbocycles. The van der Waals surface area contributed by atoms with E-state index >= 15 is 0 Å². The van der Waals surface area contributed by atoms with Crippen LogP contribution in [0.15, 0.2) is 46.2 Å². The topological polar surface area (TPSA) is 65.0 Å². The zero-order valence-electron chi connectivity index (χ0n) is 12.3. The monoisotopic (exact) mass is 309 g/mol. The summed E-state index contributed by atoms with van der Waals surface area (Å²) < 4.78 is 38.9. The van der Waals surface area contributed by atoms with Gasteiger partial charge in [0.2, 0.25) is 0 Å². The molecule has 2 atom stereocenters. The van der Waals surface area contributed by atoms with E-state index in [2.05, 4.69) is 11.0 Å². The van der Waals surface area contributed by atoms with Gasteiger partial charge in [-0.25, -0.2) is 0 Å². The predicted molar refractivity (Wildman–Crippen MR) is 80.6 cm³/mol. The molecule has 1 fully saturated rings. The standard InChI is InChI=1S/C15H19NO4S/c1-5-13-14(10(2)3)20-15(19-13)16-21(17,18)12-8-6-11(4)7-9-12/h5-10,13-14H,1H2,2-4H3/b16-15+. The summed E-state index contributed by atoms with van der Waals surface area (Å²) in [7, 11) is -3.84. The van der Waals surface area contributed by atoms with Gasteiger partial charge in [0.25, 0.3) is 10.0 Å². The van der Waals surface area contributed by atoms with Crippen molar-refractivity contribution in [2.45, 2.75) is 37.9 Å². The number of aryl methyl sites for hydroxylation is 1. The van der Waals surface area contributed by atoms with Gasteiger partial charge in [-0.2, -0.15) is 8.42 Å². The zero-order chi connectivity index (χ0) is 15.6. The van der Waals surface area contributed by atoms with Gasteiger partial charge in [0, 0.05) is 0 Å². The summed E-state index contributed by atoms with van der Waals surface area (Å²) in [5.41, 5.74) is 0.974. The van der Waals surface area contributed by atoms with Crippen LogP contribution in [0.1, 0.15) is 19.4 Å². The number of nitrogens with zero attached hydrogens (tertiary/aromatic N) is 1. The number of ether oxygens (including phenoxy) is 2. The van der Waals surface area contributed by atoms with E-state index in [0.717, 1.165) is 5.56 Å². The van der Waals surface area contributed by atoms with Gasteiger partial charge < -0.3 is 9.47 Å². The van der Waals surface area contributed by atoms with Crippen molar-refractivity contribution in [2.24, 2.45) is 10.3 Å². The Morgan fingerprint density at radius 1 is 1.24 bits per heavy atom. The Labute approximate surface area is 125 Å². The maximum Gasteiger partial charge on any atom is 0.401 e. The van der Waals surface area contributed by atoms with Gasteiger partial charge in [-0.15, -0.1) is 0 Å². The highest BCUT2D eigenvalue weighted by Crippen LogP contribution is 2.24. The van der Waals surface area contributed by atoms with Crippen LogP contribution in [0.5, 0.6) is 0 Å². The van der Waals surface area contributed by atoms with E-state index in [4.69, 9.17) is 9.47 Å². The molecule has 0 spiro atoms. The molecule has 1 aliphatic heterocycles. The molecule has 5 nitrogen and oxygen atoms in total. The van der Waals surface area contributed by atoms with Crippen molar-refractivity contribution in [3.8, 4) is 0 Å². The molecule has 2 rings (SSSR count). The number of rotatable bonds is 4. The molecule has 114 valence electrons. The molecular weight excluding hydrogens is 290 g/mol. The average molecular weight is 309 g/mol. The summed E-state index contributed by atoms with van der Waals surface area (Å²) >= 11 is 0. The van der Waals surface area contributed by atoms with Crippen LogP contribution in [0.2, 0.25) is 0 Å². The SMILES string of the molecule is C=CC1O/C(=N\S(=O)(=O)c2ccc(C)cc2)OC1C(C)C. The molecule has 6 heteroatoms. The fourth-order valence-corrected chi connectivity index (χ4v) is 2.86. The molecule has 0 amide bonds. The predicted octanol–water partition coefficient (Wildman–Crippen LogP) is 2.67. The third-order valence-electron chi connectivity index (χ3n) is 3.20. The lowest BCUT2D eigenvalue weighted by Crippen LogP contribution is -2.25. The lowest BCUT2D eigenvalue weighted by molar-refractivity contribution is 0.141. The highest BCUT2D eigenvalue weighted by atomic mass is 32.2. The minimum atomic E-state index is -3.84. The van der Waals surface area contributed by atoms with Crippen molar-refractivity contribution in [2.75, 3.05) is 0 Å². The molecule has 0 radical (unpaired) electrons.